The highest BCUT2D eigenvalue weighted by Crippen LogP contribution is 2.28. The van der Waals surface area contributed by atoms with Crippen LogP contribution in [0, 0.1) is 0 Å². The Balaban J connectivity index is 1.38. The summed E-state index contributed by atoms with van der Waals surface area (Å²) in [6.45, 7) is 3.55. The predicted molar refractivity (Wildman–Crippen MR) is 125 cm³/mol. The Morgan fingerprint density at radius 3 is 2.52 bits per heavy atom. The number of urea groups is 1. The Kier molecular flexibility index (Phi) is 6.90. The summed E-state index contributed by atoms with van der Waals surface area (Å²) in [5, 5.41) is 6.20. The molecule has 164 valence electrons. The highest BCUT2D eigenvalue weighted by atomic mass is 16.2. The van der Waals surface area contributed by atoms with Crippen LogP contribution in [0.1, 0.15) is 72.9 Å². The molecule has 0 bridgehead atoms. The molecule has 1 saturated heterocycles. The molecule has 0 aromatic heterocycles. The van der Waals surface area contributed by atoms with Crippen molar-refractivity contribution in [3.8, 4) is 0 Å². The zero-order valence-corrected chi connectivity index (χ0v) is 18.4. The van der Waals surface area contributed by atoms with Crippen molar-refractivity contribution in [3.63, 3.8) is 0 Å². The van der Waals surface area contributed by atoms with E-state index in [0.29, 0.717) is 12.6 Å². The summed E-state index contributed by atoms with van der Waals surface area (Å²) >= 11 is 0. The van der Waals surface area contributed by atoms with Gasteiger partial charge in [-0.1, -0.05) is 44.0 Å². The van der Waals surface area contributed by atoms with Crippen LogP contribution in [0.25, 0.3) is 0 Å². The number of nitrogens with zero attached hydrogens (tertiary/aromatic N) is 1. The van der Waals surface area contributed by atoms with Crippen molar-refractivity contribution in [2.75, 3.05) is 18.4 Å². The molecular formula is C26H33N3O2. The van der Waals surface area contributed by atoms with Gasteiger partial charge in [0.1, 0.15) is 0 Å². The predicted octanol–water partition coefficient (Wildman–Crippen LogP) is 5.33. The van der Waals surface area contributed by atoms with Gasteiger partial charge < -0.3 is 15.5 Å². The van der Waals surface area contributed by atoms with Gasteiger partial charge in [-0.25, -0.2) is 4.79 Å². The van der Waals surface area contributed by atoms with Crippen molar-refractivity contribution < 1.29 is 9.59 Å². The molecule has 2 aliphatic rings. The Bertz CT molecular complexity index is 903. The molecule has 1 unspecified atom stereocenters. The highest BCUT2D eigenvalue weighted by Gasteiger charge is 2.26. The first kappa shape index (κ1) is 21.4. The van der Waals surface area contributed by atoms with Gasteiger partial charge in [0, 0.05) is 36.3 Å². The summed E-state index contributed by atoms with van der Waals surface area (Å²) in [5.41, 5.74) is 3.95. The number of likely N-dealkylation sites (tertiary alicyclic amines) is 1. The lowest BCUT2D eigenvalue weighted by Crippen LogP contribution is -2.41. The lowest BCUT2D eigenvalue weighted by Gasteiger charge is -2.33. The number of aryl methyl sites for hydroxylation is 1. The Labute approximate surface area is 185 Å². The van der Waals surface area contributed by atoms with E-state index in [1.54, 1.807) is 0 Å². The van der Waals surface area contributed by atoms with Gasteiger partial charge in [-0.15, -0.1) is 0 Å². The van der Waals surface area contributed by atoms with E-state index < -0.39 is 0 Å². The van der Waals surface area contributed by atoms with Gasteiger partial charge in [0.2, 0.25) is 0 Å². The molecular weight excluding hydrogens is 386 g/mol. The molecule has 1 heterocycles. The summed E-state index contributed by atoms with van der Waals surface area (Å²) in [6.07, 6.45) is 7.55. The van der Waals surface area contributed by atoms with E-state index in [0.717, 1.165) is 55.5 Å². The molecule has 1 saturated carbocycles. The number of carbonyl (C=O) groups is 2. The van der Waals surface area contributed by atoms with E-state index in [1.165, 1.54) is 18.4 Å². The minimum absolute atomic E-state index is 0.0229. The molecule has 1 atom stereocenters. The van der Waals surface area contributed by atoms with Crippen LogP contribution in [0.3, 0.4) is 0 Å². The van der Waals surface area contributed by atoms with E-state index in [9.17, 15) is 9.59 Å². The lowest BCUT2D eigenvalue weighted by atomic mass is 9.89. The molecule has 2 aromatic rings. The molecule has 3 amide bonds. The number of hydrogen-bond acceptors (Lipinski definition) is 2. The summed E-state index contributed by atoms with van der Waals surface area (Å²) in [5.74, 6) is 0.274. The van der Waals surface area contributed by atoms with Gasteiger partial charge in [-0.3, -0.25) is 4.79 Å². The molecule has 5 heteroatoms. The molecule has 2 N–H and O–H groups in total. The van der Waals surface area contributed by atoms with Crippen molar-refractivity contribution in [1.82, 2.24) is 10.2 Å². The number of nitrogens with one attached hydrogen (secondary N) is 2. The third kappa shape index (κ3) is 5.46. The second-order valence-electron chi connectivity index (χ2n) is 8.85. The van der Waals surface area contributed by atoms with Crippen LogP contribution in [-0.4, -0.2) is 36.0 Å². The van der Waals surface area contributed by atoms with Crippen LogP contribution in [0.4, 0.5) is 10.5 Å². The quantitative estimate of drug-likeness (QED) is 0.688. The van der Waals surface area contributed by atoms with Crippen molar-refractivity contribution in [2.45, 2.75) is 63.8 Å². The molecule has 0 spiro atoms. The maximum atomic E-state index is 12.8. The fraction of sp³-hybridized carbons (Fsp3) is 0.462. The van der Waals surface area contributed by atoms with Gasteiger partial charge in [0.25, 0.3) is 5.91 Å². The maximum absolute atomic E-state index is 12.8. The zero-order chi connectivity index (χ0) is 21.6. The lowest BCUT2D eigenvalue weighted by molar-refractivity contribution is 0.0937. The van der Waals surface area contributed by atoms with Crippen LogP contribution in [-0.2, 0) is 6.42 Å². The molecule has 31 heavy (non-hydrogen) atoms. The number of rotatable bonds is 5. The first-order valence-corrected chi connectivity index (χ1v) is 11.7. The first-order valence-electron chi connectivity index (χ1n) is 11.7. The van der Waals surface area contributed by atoms with Crippen LogP contribution in [0.2, 0.25) is 0 Å². The van der Waals surface area contributed by atoms with Crippen molar-refractivity contribution in [2.24, 2.45) is 0 Å². The normalized spacial score (nSPS) is 19.3. The fourth-order valence-corrected chi connectivity index (χ4v) is 4.73. The number of hydrogen-bond donors (Lipinski definition) is 2. The van der Waals surface area contributed by atoms with E-state index in [-0.39, 0.29) is 17.9 Å². The minimum Gasteiger partial charge on any atom is -0.349 e. The third-order valence-electron chi connectivity index (χ3n) is 6.63. The Morgan fingerprint density at radius 1 is 1.00 bits per heavy atom. The van der Waals surface area contributed by atoms with Gasteiger partial charge in [-0.05, 0) is 67.5 Å². The average molecular weight is 420 g/mol. The van der Waals surface area contributed by atoms with Gasteiger partial charge in [0.05, 0.1) is 0 Å². The average Bonchev–Trinajstić information content (AvgIpc) is 3.33. The summed E-state index contributed by atoms with van der Waals surface area (Å²) in [6, 6.07) is 16.2. The zero-order valence-electron chi connectivity index (χ0n) is 18.4. The van der Waals surface area contributed by atoms with E-state index in [1.807, 2.05) is 35.2 Å². The second kappa shape index (κ2) is 9.99. The van der Waals surface area contributed by atoms with Gasteiger partial charge >= 0.3 is 6.03 Å². The van der Waals surface area contributed by atoms with Crippen LogP contribution in [0.5, 0.6) is 0 Å². The maximum Gasteiger partial charge on any atom is 0.321 e. The standard InChI is InChI=1S/C26H33N3O2/c1-2-19-12-14-24(15-13-19)28-26(31)29-16-6-9-22(18-29)20-7-5-8-21(17-20)25(30)27-23-10-3-4-11-23/h5,7-8,12-15,17,22-23H,2-4,6,9-11,16,18H2,1H3,(H,27,30)(H,28,31). The van der Waals surface area contributed by atoms with Crippen LogP contribution < -0.4 is 10.6 Å². The molecule has 4 rings (SSSR count). The molecule has 1 aliphatic carbocycles. The SMILES string of the molecule is CCc1ccc(NC(=O)N2CCCC(c3cccc(C(=O)NC4CCCC4)c3)C2)cc1. The topological polar surface area (TPSA) is 61.4 Å². The largest absolute Gasteiger partial charge is 0.349 e. The van der Waals surface area contributed by atoms with Gasteiger partial charge in [0.15, 0.2) is 0 Å². The number of anilines is 1. The van der Waals surface area contributed by atoms with Crippen molar-refractivity contribution >= 4 is 17.6 Å². The van der Waals surface area contributed by atoms with E-state index in [4.69, 9.17) is 0 Å². The summed E-state index contributed by atoms with van der Waals surface area (Å²) < 4.78 is 0. The summed E-state index contributed by atoms with van der Waals surface area (Å²) in [7, 11) is 0. The second-order valence-corrected chi connectivity index (χ2v) is 8.85. The first-order chi connectivity index (χ1) is 15.1. The van der Waals surface area contributed by atoms with Crippen LogP contribution >= 0.6 is 0 Å². The number of piperidine rings is 1. The van der Waals surface area contributed by atoms with Crippen LogP contribution in [0.15, 0.2) is 48.5 Å². The fourth-order valence-electron chi connectivity index (χ4n) is 4.73. The van der Waals surface area contributed by atoms with E-state index >= 15 is 0 Å². The number of benzene rings is 2. The number of amides is 3. The van der Waals surface area contributed by atoms with Crippen molar-refractivity contribution in [1.29, 1.82) is 0 Å². The van der Waals surface area contributed by atoms with E-state index in [2.05, 4.69) is 35.8 Å². The minimum atomic E-state index is -0.0518. The van der Waals surface area contributed by atoms with Gasteiger partial charge in [-0.2, -0.15) is 0 Å². The smallest absolute Gasteiger partial charge is 0.321 e. The van der Waals surface area contributed by atoms with Crippen molar-refractivity contribution in [3.05, 3.63) is 65.2 Å². The Morgan fingerprint density at radius 2 is 1.77 bits per heavy atom. The Hall–Kier alpha value is -2.82. The number of carbonyl (C=O) groups excluding carboxylic acids is 2. The molecule has 2 fully saturated rings. The molecule has 0 radical (unpaired) electrons. The molecule has 5 nitrogen and oxygen atoms in total. The highest BCUT2D eigenvalue weighted by molar-refractivity contribution is 5.94. The molecule has 2 aromatic carbocycles. The third-order valence-corrected chi connectivity index (χ3v) is 6.63. The summed E-state index contributed by atoms with van der Waals surface area (Å²) in [4.78, 5) is 27.4. The molecule has 1 aliphatic heterocycles. The monoisotopic (exact) mass is 419 g/mol.